The van der Waals surface area contributed by atoms with E-state index in [1.165, 1.54) is 0 Å². The normalized spacial score (nSPS) is 14.0. The summed E-state index contributed by atoms with van der Waals surface area (Å²) < 4.78 is 0. The minimum absolute atomic E-state index is 0.165. The number of carboxylic acid groups (broad SMARTS) is 2. The van der Waals surface area contributed by atoms with E-state index in [0.29, 0.717) is 0 Å². The molecule has 0 radical (unpaired) electrons. The van der Waals surface area contributed by atoms with Gasteiger partial charge in [0.25, 0.3) is 0 Å². The number of carboxylic acids is 2. The van der Waals surface area contributed by atoms with Crippen LogP contribution >= 0.6 is 0 Å². The van der Waals surface area contributed by atoms with Crippen molar-refractivity contribution in [3.63, 3.8) is 0 Å². The smallest absolute Gasteiger partial charge is 0.307 e. The van der Waals surface area contributed by atoms with Crippen molar-refractivity contribution >= 4 is 11.9 Å². The highest BCUT2D eigenvalue weighted by Crippen LogP contribution is 2.33. The first-order valence-electron chi connectivity index (χ1n) is 9.62. The fourth-order valence-corrected chi connectivity index (χ4v) is 3.78. The summed E-state index contributed by atoms with van der Waals surface area (Å²) in [4.78, 5) is 24.0. The molecule has 29 heavy (non-hydrogen) atoms. The predicted octanol–water partition coefficient (Wildman–Crippen LogP) is 5.10. The number of carbonyl (C=O) groups is 2. The Kier molecular flexibility index (Phi) is 6.45. The molecule has 0 saturated carbocycles. The summed E-state index contributed by atoms with van der Waals surface area (Å²) in [5, 5.41) is 19.7. The van der Waals surface area contributed by atoms with E-state index in [-0.39, 0.29) is 6.42 Å². The number of benzene rings is 3. The lowest BCUT2D eigenvalue weighted by Gasteiger charge is -2.26. The van der Waals surface area contributed by atoms with E-state index in [1.54, 1.807) is 6.92 Å². The van der Waals surface area contributed by atoms with Crippen LogP contribution in [0, 0.1) is 11.8 Å². The Labute approximate surface area is 170 Å². The molecule has 0 spiro atoms. The van der Waals surface area contributed by atoms with Crippen LogP contribution in [-0.4, -0.2) is 22.2 Å². The van der Waals surface area contributed by atoms with Crippen molar-refractivity contribution in [2.75, 3.05) is 0 Å². The van der Waals surface area contributed by atoms with Gasteiger partial charge in [-0.25, -0.2) is 0 Å². The first-order chi connectivity index (χ1) is 14.0. The summed E-state index contributed by atoms with van der Waals surface area (Å²) in [6.45, 7) is 1.78. The number of hydrogen-bond donors (Lipinski definition) is 2. The zero-order valence-corrected chi connectivity index (χ0v) is 16.2. The zero-order chi connectivity index (χ0) is 20.8. The van der Waals surface area contributed by atoms with Gasteiger partial charge in [-0.1, -0.05) is 91.9 Å². The predicted molar refractivity (Wildman–Crippen MR) is 113 cm³/mol. The Balaban J connectivity index is 1.84. The number of hydrogen-bond acceptors (Lipinski definition) is 2. The highest BCUT2D eigenvalue weighted by molar-refractivity contribution is 5.81. The van der Waals surface area contributed by atoms with Crippen LogP contribution in [0.2, 0.25) is 0 Å². The van der Waals surface area contributed by atoms with Gasteiger partial charge in [0.15, 0.2) is 0 Å². The second-order valence-electron chi connectivity index (χ2n) is 7.28. The maximum atomic E-state index is 12.0. The van der Waals surface area contributed by atoms with E-state index < -0.39 is 29.7 Å². The summed E-state index contributed by atoms with van der Waals surface area (Å²) in [7, 11) is 0. The molecule has 4 nitrogen and oxygen atoms in total. The maximum absolute atomic E-state index is 12.0. The topological polar surface area (TPSA) is 74.6 Å². The SMILES string of the molecule is C[C@@H](c1ccccc1)[C@H](C(=O)O)[C@H](Cc1ccc(-c2ccccc2)cc1)C(=O)O. The van der Waals surface area contributed by atoms with Crippen molar-refractivity contribution < 1.29 is 19.8 Å². The minimum atomic E-state index is -1.09. The van der Waals surface area contributed by atoms with Crippen molar-refractivity contribution in [2.24, 2.45) is 11.8 Å². The summed E-state index contributed by atoms with van der Waals surface area (Å²) in [5.41, 5.74) is 3.75. The van der Waals surface area contributed by atoms with E-state index in [9.17, 15) is 19.8 Å². The number of rotatable bonds is 8. The molecule has 148 valence electrons. The molecule has 3 atom stereocenters. The molecule has 0 amide bonds. The molecular formula is C25H24O4. The van der Waals surface area contributed by atoms with Crippen LogP contribution in [0.4, 0.5) is 0 Å². The van der Waals surface area contributed by atoms with Crippen molar-refractivity contribution in [2.45, 2.75) is 19.3 Å². The fraction of sp³-hybridized carbons (Fsp3) is 0.200. The van der Waals surface area contributed by atoms with Crippen molar-refractivity contribution in [3.8, 4) is 11.1 Å². The molecule has 0 heterocycles. The largest absolute Gasteiger partial charge is 0.481 e. The Morgan fingerprint density at radius 3 is 1.76 bits per heavy atom. The van der Waals surface area contributed by atoms with Crippen molar-refractivity contribution in [3.05, 3.63) is 96.1 Å². The third kappa shape index (κ3) is 4.91. The molecule has 3 aromatic carbocycles. The molecule has 4 heteroatoms. The van der Waals surface area contributed by atoms with Crippen LogP contribution in [0.15, 0.2) is 84.9 Å². The van der Waals surface area contributed by atoms with Gasteiger partial charge >= 0.3 is 11.9 Å². The minimum Gasteiger partial charge on any atom is -0.481 e. The van der Waals surface area contributed by atoms with Gasteiger partial charge in [0.1, 0.15) is 0 Å². The van der Waals surface area contributed by atoms with Gasteiger partial charge in [0.2, 0.25) is 0 Å². The molecule has 2 N–H and O–H groups in total. The second-order valence-corrected chi connectivity index (χ2v) is 7.28. The highest BCUT2D eigenvalue weighted by Gasteiger charge is 2.38. The summed E-state index contributed by atoms with van der Waals surface area (Å²) in [6, 6.07) is 26.8. The molecule has 0 aromatic heterocycles. The lowest BCUT2D eigenvalue weighted by molar-refractivity contribution is -0.154. The zero-order valence-electron chi connectivity index (χ0n) is 16.2. The van der Waals surface area contributed by atoms with Crippen molar-refractivity contribution in [1.82, 2.24) is 0 Å². The summed E-state index contributed by atoms with van der Waals surface area (Å²) >= 11 is 0. The maximum Gasteiger partial charge on any atom is 0.307 e. The quantitative estimate of drug-likeness (QED) is 0.563. The molecule has 3 rings (SSSR count). The average molecular weight is 388 g/mol. The van der Waals surface area contributed by atoms with E-state index in [2.05, 4.69) is 0 Å². The molecule has 0 aliphatic rings. The van der Waals surface area contributed by atoms with Crippen LogP contribution < -0.4 is 0 Å². The van der Waals surface area contributed by atoms with Gasteiger partial charge in [-0.15, -0.1) is 0 Å². The second kappa shape index (κ2) is 9.20. The van der Waals surface area contributed by atoms with Crippen molar-refractivity contribution in [1.29, 1.82) is 0 Å². The molecule has 0 unspecified atom stereocenters. The number of aliphatic carboxylic acids is 2. The van der Waals surface area contributed by atoms with Crippen LogP contribution in [0.3, 0.4) is 0 Å². The van der Waals surface area contributed by atoms with E-state index in [4.69, 9.17) is 0 Å². The Hall–Kier alpha value is -3.40. The molecule has 0 saturated heterocycles. The van der Waals surface area contributed by atoms with Crippen LogP contribution in [0.5, 0.6) is 0 Å². The monoisotopic (exact) mass is 388 g/mol. The third-order valence-corrected chi connectivity index (χ3v) is 5.42. The third-order valence-electron chi connectivity index (χ3n) is 5.42. The van der Waals surface area contributed by atoms with Gasteiger partial charge < -0.3 is 10.2 Å². The molecule has 0 fully saturated rings. The van der Waals surface area contributed by atoms with E-state index in [1.807, 2.05) is 84.9 Å². The molecular weight excluding hydrogens is 364 g/mol. The molecule has 0 aliphatic heterocycles. The molecule has 3 aromatic rings. The average Bonchev–Trinajstić information content (AvgIpc) is 2.74. The van der Waals surface area contributed by atoms with Gasteiger partial charge in [-0.05, 0) is 34.6 Å². The summed E-state index contributed by atoms with van der Waals surface area (Å²) in [6.07, 6.45) is 0.165. The van der Waals surface area contributed by atoms with Crippen LogP contribution in [0.1, 0.15) is 24.0 Å². The van der Waals surface area contributed by atoms with Crippen LogP contribution in [-0.2, 0) is 16.0 Å². The standard InChI is InChI=1S/C25H24O4/c1-17(19-8-4-2-5-9-19)23(25(28)29)22(24(26)27)16-18-12-14-21(15-13-18)20-10-6-3-7-11-20/h2-15,17,22-23H,16H2,1H3,(H,26,27)(H,28,29)/t17-,22-,23-/m0/s1. The molecule has 0 aliphatic carbocycles. The lowest BCUT2D eigenvalue weighted by Crippen LogP contribution is -2.35. The van der Waals surface area contributed by atoms with Gasteiger partial charge in [0.05, 0.1) is 11.8 Å². The lowest BCUT2D eigenvalue weighted by atomic mass is 9.76. The first kappa shape index (κ1) is 20.3. The van der Waals surface area contributed by atoms with Crippen LogP contribution in [0.25, 0.3) is 11.1 Å². The van der Waals surface area contributed by atoms with Gasteiger partial charge in [-0.3, -0.25) is 9.59 Å². The Bertz CT molecular complexity index is 949. The highest BCUT2D eigenvalue weighted by atomic mass is 16.4. The van der Waals surface area contributed by atoms with Gasteiger partial charge in [0, 0.05) is 0 Å². The fourth-order valence-electron chi connectivity index (χ4n) is 3.78. The molecule has 0 bridgehead atoms. The Morgan fingerprint density at radius 1 is 0.724 bits per heavy atom. The van der Waals surface area contributed by atoms with E-state index in [0.717, 1.165) is 22.3 Å². The van der Waals surface area contributed by atoms with E-state index >= 15 is 0 Å². The Morgan fingerprint density at radius 2 is 1.24 bits per heavy atom. The van der Waals surface area contributed by atoms with Gasteiger partial charge in [-0.2, -0.15) is 0 Å². The summed E-state index contributed by atoms with van der Waals surface area (Å²) in [5.74, 6) is -4.64. The first-order valence-corrected chi connectivity index (χ1v) is 9.62.